The van der Waals surface area contributed by atoms with Crippen molar-refractivity contribution in [1.29, 1.82) is 10.8 Å². The molecule has 0 aliphatic heterocycles. The van der Waals surface area contributed by atoms with Crippen LogP contribution in [0.3, 0.4) is 0 Å². The van der Waals surface area contributed by atoms with Gasteiger partial charge in [-0.2, -0.15) is 31.5 Å². The number of pyridine rings is 5. The van der Waals surface area contributed by atoms with Gasteiger partial charge in [0.25, 0.3) is 19.4 Å². The van der Waals surface area contributed by atoms with E-state index in [1.165, 1.54) is 104 Å². The Bertz CT molecular complexity index is 4450. The van der Waals surface area contributed by atoms with E-state index in [1.54, 1.807) is 97.6 Å². The van der Waals surface area contributed by atoms with Gasteiger partial charge in [-0.15, -0.1) is 5.70 Å². The maximum atomic E-state index is 12.8. The van der Waals surface area contributed by atoms with Crippen LogP contribution >= 0.6 is 12.2 Å². The fourth-order valence-corrected chi connectivity index (χ4v) is 11.2. The Morgan fingerprint density at radius 3 is 1.09 bits per heavy atom. The van der Waals surface area contributed by atoms with E-state index in [2.05, 4.69) is 181 Å². The summed E-state index contributed by atoms with van der Waals surface area (Å²) in [6, 6.07) is 50.9. The van der Waals surface area contributed by atoms with Gasteiger partial charge in [-0.05, 0) is 230 Å². The summed E-state index contributed by atoms with van der Waals surface area (Å²) in [7, 11) is 0. The quantitative estimate of drug-likeness (QED) is 0.00477. The number of thiocarbonyl (C=S) groups is 1. The van der Waals surface area contributed by atoms with E-state index in [0.29, 0.717) is 59.9 Å². The van der Waals surface area contributed by atoms with E-state index < -0.39 is 35.2 Å². The van der Waals surface area contributed by atoms with Gasteiger partial charge in [0, 0.05) is 40.8 Å². The zero-order chi connectivity index (χ0) is 81.1. The van der Waals surface area contributed by atoms with Crippen LogP contribution in [-0.2, 0) is 73.8 Å². The molecule has 18 nitrogen and oxygen atoms in total. The van der Waals surface area contributed by atoms with Crippen LogP contribution in [0, 0.1) is 10.8 Å². The molecular formula is C87H90F6N12O6RuS. The van der Waals surface area contributed by atoms with Gasteiger partial charge < -0.3 is 40.9 Å². The van der Waals surface area contributed by atoms with Gasteiger partial charge in [0.1, 0.15) is 11.4 Å². The number of ether oxygens (including phenoxy) is 3. The van der Waals surface area contributed by atoms with Crippen molar-refractivity contribution in [2.24, 2.45) is 5.73 Å². The van der Waals surface area contributed by atoms with Gasteiger partial charge in [-0.25, -0.2) is 4.98 Å². The van der Waals surface area contributed by atoms with E-state index in [-0.39, 0.29) is 30.9 Å². The molecule has 9 aromatic rings. The van der Waals surface area contributed by atoms with Crippen LogP contribution in [-0.4, -0.2) is 73.3 Å². The maximum absolute atomic E-state index is 12.8. The van der Waals surface area contributed by atoms with Crippen molar-refractivity contribution in [1.82, 2.24) is 24.9 Å². The smallest absolute Gasteiger partial charge is 0.753 e. The third-order valence-corrected chi connectivity index (χ3v) is 17.0. The molecule has 0 amide bonds. The minimum absolute atomic E-state index is 0. The zero-order valence-corrected chi connectivity index (χ0v) is 65.7. The molecule has 5 heterocycles. The summed E-state index contributed by atoms with van der Waals surface area (Å²) < 4.78 is 90.4. The summed E-state index contributed by atoms with van der Waals surface area (Å²) in [5.41, 5.74) is 24.2. The first-order valence-corrected chi connectivity index (χ1v) is 36.8. The topological polar surface area (TPSA) is 270 Å². The standard InChI is InChI=1S/C31H37F3N4.C31H36F3N4.C24H17N3O6.CNS.Ru/c2*1-3-5-7-9-23-11-15-25(16-12-23)38(26-17-13-24(14-18-26)10-8-6-4-2)27-19-20-29(37-22-27)28(35)21-30(36)31(32,33)34;28-15-31-8-3-18-1-6-25-21(11-18)23-13-20(5-10-33-17-30)14-24(27-23)22-12-19(2-7-26-22)4-9-32-16-29;2-1-3;/h11-22,35H,3-10,36H2,1-2H3;11-22,35-36H,3-10H2,1-2H3;1-17H;;/q;-1;;-1;+2/b;28-21-,36-30?;8-3+,9-4+,10-5+;;. The number of hydrogen-bond acceptors (Lipinski definition) is 17. The van der Waals surface area contributed by atoms with E-state index in [1.807, 2.05) is 4.90 Å². The first-order valence-electron chi connectivity index (χ1n) is 36.4. The van der Waals surface area contributed by atoms with Crippen molar-refractivity contribution in [3.05, 3.63) is 281 Å². The van der Waals surface area contributed by atoms with Gasteiger partial charge in [0.05, 0.1) is 76.7 Å². The van der Waals surface area contributed by atoms with E-state index in [0.717, 1.165) is 96.6 Å². The summed E-state index contributed by atoms with van der Waals surface area (Å²) in [6.07, 6.45) is 24.8. The molecule has 113 heavy (non-hydrogen) atoms. The molecule has 0 fully saturated rings. The number of aromatic nitrogens is 5. The average molecular weight is 1650 g/mol. The number of hydrogen-bond donors (Lipinski definition) is 3. The predicted octanol–water partition coefficient (Wildman–Crippen LogP) is 23.1. The Balaban J connectivity index is 0.000000297. The number of aryl methyl sites for hydroxylation is 4. The van der Waals surface area contributed by atoms with Crippen LogP contribution in [0.1, 0.15) is 155 Å². The number of allylic oxidation sites excluding steroid dienone is 3. The first-order chi connectivity index (χ1) is 54.1. The number of nitrogens with two attached hydrogens (primary N) is 1. The minimum Gasteiger partial charge on any atom is -0.753 e. The van der Waals surface area contributed by atoms with Crippen molar-refractivity contribution in [3.8, 4) is 22.8 Å². The second-order valence-electron chi connectivity index (χ2n) is 25.3. The normalized spacial score (nSPS) is 11.3. The maximum Gasteiger partial charge on any atom is 2.00 e. The number of nitrogens with zero attached hydrogens (tertiary/aromatic N) is 8. The van der Waals surface area contributed by atoms with Crippen LogP contribution in [0.2, 0.25) is 0 Å². The zero-order valence-electron chi connectivity index (χ0n) is 63.1. The third-order valence-electron chi connectivity index (χ3n) is 17.0. The van der Waals surface area contributed by atoms with Crippen molar-refractivity contribution in [3.63, 3.8) is 0 Å². The number of carbonyl (C=O) groups excluding carboxylic acids is 3. The summed E-state index contributed by atoms with van der Waals surface area (Å²) in [5.74, 6) is 0. The van der Waals surface area contributed by atoms with Crippen molar-refractivity contribution in [2.45, 2.75) is 143 Å². The molecule has 0 bridgehead atoms. The van der Waals surface area contributed by atoms with Gasteiger partial charge in [-0.3, -0.25) is 45.1 Å². The number of alkyl halides is 6. The SMILES string of the molecule is CCCCCc1ccc(N(c2ccc(CCCCC)cc2)c2ccc(/C([NH-])=C/C(=N)C(F)(F)F)nc2)cc1.CCCCCc1ccc(N(c2ccc(CCCCC)cc2)c2ccc(C(=N)C=C(N)C(F)(F)F)nc2)cc1.O=CO/C=C/c1ccnc(-c2cc(/C=C/OC=O)cc(-c3cc(/C=C/OC=O)ccn3)n2)c1.[N-]=C=S.[Ru+2]. The van der Waals surface area contributed by atoms with Gasteiger partial charge >= 0.3 is 31.8 Å². The molecule has 0 saturated heterocycles. The fraction of sp³-hybridized carbons (Fsp3) is 0.253. The summed E-state index contributed by atoms with van der Waals surface area (Å²) >= 11 is 3.70. The third kappa shape index (κ3) is 31.5. The molecule has 0 spiro atoms. The fourth-order valence-electron chi connectivity index (χ4n) is 11.2. The summed E-state index contributed by atoms with van der Waals surface area (Å²) in [5, 5.41) is 23.6. The van der Waals surface area contributed by atoms with Crippen LogP contribution in [0.4, 0.5) is 60.5 Å². The number of rotatable bonds is 37. The van der Waals surface area contributed by atoms with Crippen molar-refractivity contribution < 1.29 is 74.4 Å². The summed E-state index contributed by atoms with van der Waals surface area (Å²) in [4.78, 5) is 57.2. The molecule has 9 rings (SSSR count). The number of carbonyl (C=O) groups is 3. The summed E-state index contributed by atoms with van der Waals surface area (Å²) in [6.45, 7) is 9.73. The molecular weight excluding hydrogens is 1560 g/mol. The molecule has 590 valence electrons. The average Bonchev–Trinajstić information content (AvgIpc) is 0.807. The monoisotopic (exact) mass is 1650 g/mol. The predicted molar refractivity (Wildman–Crippen MR) is 437 cm³/mol. The molecule has 5 aromatic heterocycles. The van der Waals surface area contributed by atoms with Gasteiger partial charge in [0.15, 0.2) is 0 Å². The molecule has 0 aliphatic rings. The second kappa shape index (κ2) is 49.5. The Hall–Kier alpha value is -11.7. The molecule has 26 heteroatoms. The molecule has 4 aromatic carbocycles. The Morgan fingerprint density at radius 1 is 0.469 bits per heavy atom. The van der Waals surface area contributed by atoms with Crippen molar-refractivity contribution >= 4 is 106 Å². The van der Waals surface area contributed by atoms with Gasteiger partial charge in [0.2, 0.25) is 0 Å². The van der Waals surface area contributed by atoms with E-state index in [4.69, 9.17) is 27.7 Å². The first kappa shape index (κ1) is 91.9. The van der Waals surface area contributed by atoms with Crippen LogP contribution in [0.15, 0.2) is 219 Å². The minimum atomic E-state index is -4.80. The Kier molecular flexibility index (Phi) is 40.3. The number of anilines is 6. The molecule has 5 N–H and O–H groups in total. The van der Waals surface area contributed by atoms with Crippen LogP contribution in [0.5, 0.6) is 0 Å². The molecule has 0 radical (unpaired) electrons. The molecule has 0 unspecified atom stereocenters. The Morgan fingerprint density at radius 2 is 0.788 bits per heavy atom. The Labute approximate surface area is 674 Å². The van der Waals surface area contributed by atoms with Gasteiger partial charge in [-0.1, -0.05) is 140 Å². The van der Waals surface area contributed by atoms with E-state index >= 15 is 0 Å². The number of benzene rings is 4. The molecule has 0 atom stereocenters. The largest absolute Gasteiger partial charge is 2.00 e. The number of isothiocyanates is 1. The van der Waals surface area contributed by atoms with Crippen LogP contribution < -0.4 is 15.5 Å². The second-order valence-corrected chi connectivity index (χ2v) is 25.4. The van der Waals surface area contributed by atoms with Crippen LogP contribution in [0.25, 0.3) is 57.8 Å². The number of unbranched alkanes of at least 4 members (excludes halogenated alkanes) is 8. The molecule has 0 aliphatic carbocycles. The van der Waals surface area contributed by atoms with Crippen molar-refractivity contribution in [2.75, 3.05) is 9.80 Å². The number of halogens is 6. The number of nitrogens with one attached hydrogen (secondary N) is 3. The van der Waals surface area contributed by atoms with E-state index in [9.17, 15) is 40.7 Å². The molecule has 0 saturated carbocycles.